The number of carboxylic acids is 1. The Bertz CT molecular complexity index is 393. The van der Waals surface area contributed by atoms with Gasteiger partial charge >= 0.3 is 5.97 Å². The molecule has 1 heterocycles. The molecule has 1 aromatic rings. The Balaban J connectivity index is 2.23. The first-order valence-electron chi connectivity index (χ1n) is 5.71. The van der Waals surface area contributed by atoms with E-state index in [1.807, 2.05) is 0 Å². The van der Waals surface area contributed by atoms with Crippen molar-refractivity contribution in [2.24, 2.45) is 0 Å². The van der Waals surface area contributed by atoms with E-state index in [0.29, 0.717) is 5.92 Å². The van der Waals surface area contributed by atoms with Crippen LogP contribution in [-0.2, 0) is 10.2 Å². The highest BCUT2D eigenvalue weighted by atomic mass is 32.1. The molecular weight excluding hydrogens is 222 g/mol. The summed E-state index contributed by atoms with van der Waals surface area (Å²) in [5.74, 6) is -0.278. The molecule has 16 heavy (non-hydrogen) atoms. The normalized spacial score (nSPS) is 18.4. The van der Waals surface area contributed by atoms with Gasteiger partial charge in [0.1, 0.15) is 0 Å². The number of aromatic nitrogens is 1. The van der Waals surface area contributed by atoms with E-state index in [4.69, 9.17) is 5.11 Å². The zero-order valence-corrected chi connectivity index (χ0v) is 10.5. The summed E-state index contributed by atoms with van der Waals surface area (Å²) in [6.07, 6.45) is 3.30. The molecule has 0 spiro atoms. The molecule has 0 atom stereocenters. The van der Waals surface area contributed by atoms with E-state index in [9.17, 15) is 4.79 Å². The molecule has 0 bridgehead atoms. The van der Waals surface area contributed by atoms with Crippen molar-refractivity contribution in [3.05, 3.63) is 16.1 Å². The maximum atomic E-state index is 10.9. The highest BCUT2D eigenvalue weighted by Gasteiger charge is 2.42. The molecule has 88 valence electrons. The van der Waals surface area contributed by atoms with Gasteiger partial charge in [0.2, 0.25) is 0 Å². The second kappa shape index (κ2) is 4.17. The van der Waals surface area contributed by atoms with Gasteiger partial charge in [0.05, 0.1) is 17.1 Å². The van der Waals surface area contributed by atoms with Gasteiger partial charge in [-0.15, -0.1) is 11.3 Å². The van der Waals surface area contributed by atoms with Crippen LogP contribution in [0.5, 0.6) is 0 Å². The predicted molar refractivity (Wildman–Crippen MR) is 64.0 cm³/mol. The van der Waals surface area contributed by atoms with Gasteiger partial charge in [-0.1, -0.05) is 20.3 Å². The van der Waals surface area contributed by atoms with E-state index in [0.717, 1.165) is 30.0 Å². The minimum atomic E-state index is -0.709. The van der Waals surface area contributed by atoms with Crippen molar-refractivity contribution < 1.29 is 9.90 Å². The number of carboxylic acid groups (broad SMARTS) is 1. The Hall–Kier alpha value is -0.900. The Morgan fingerprint density at radius 3 is 2.69 bits per heavy atom. The molecule has 0 radical (unpaired) electrons. The van der Waals surface area contributed by atoms with Crippen LogP contribution in [0.15, 0.2) is 5.38 Å². The molecule has 0 aromatic carbocycles. The molecule has 0 amide bonds. The maximum absolute atomic E-state index is 10.9. The minimum Gasteiger partial charge on any atom is -0.481 e. The first-order valence-corrected chi connectivity index (χ1v) is 6.59. The van der Waals surface area contributed by atoms with Crippen LogP contribution in [0.2, 0.25) is 0 Å². The van der Waals surface area contributed by atoms with Crippen molar-refractivity contribution in [2.45, 2.75) is 50.9 Å². The molecule has 1 saturated carbocycles. The summed E-state index contributed by atoms with van der Waals surface area (Å²) in [5.41, 5.74) is 0.852. The average molecular weight is 239 g/mol. The molecule has 3 nitrogen and oxygen atoms in total. The van der Waals surface area contributed by atoms with E-state index >= 15 is 0 Å². The van der Waals surface area contributed by atoms with Crippen LogP contribution in [0.4, 0.5) is 0 Å². The van der Waals surface area contributed by atoms with Crippen molar-refractivity contribution in [1.29, 1.82) is 0 Å². The van der Waals surface area contributed by atoms with Gasteiger partial charge in [-0.05, 0) is 12.8 Å². The summed E-state index contributed by atoms with van der Waals surface area (Å²) >= 11 is 1.66. The summed E-state index contributed by atoms with van der Waals surface area (Å²) < 4.78 is 0. The Labute approximate surface area is 99.5 Å². The third-order valence-corrected chi connectivity index (χ3v) is 4.50. The van der Waals surface area contributed by atoms with Gasteiger partial charge in [-0.2, -0.15) is 0 Å². The number of nitrogens with zero attached hydrogens (tertiary/aromatic N) is 1. The van der Waals surface area contributed by atoms with Gasteiger partial charge in [-0.3, -0.25) is 4.79 Å². The lowest BCUT2D eigenvalue weighted by Gasteiger charge is -2.39. The van der Waals surface area contributed by atoms with Gasteiger partial charge < -0.3 is 5.11 Å². The number of hydrogen-bond donors (Lipinski definition) is 1. The Morgan fingerprint density at radius 2 is 2.31 bits per heavy atom. The molecule has 0 aliphatic heterocycles. The SMILES string of the molecule is CC(C)c1nc(C2(CC(=O)O)CCC2)cs1. The van der Waals surface area contributed by atoms with Crippen molar-refractivity contribution in [3.8, 4) is 0 Å². The van der Waals surface area contributed by atoms with E-state index < -0.39 is 5.97 Å². The zero-order valence-electron chi connectivity index (χ0n) is 9.69. The number of hydrogen-bond acceptors (Lipinski definition) is 3. The standard InChI is InChI=1S/C12H17NO2S/c1-8(2)11-13-9(7-16-11)12(4-3-5-12)6-10(14)15/h7-8H,3-6H2,1-2H3,(H,14,15). The quantitative estimate of drug-likeness (QED) is 0.878. The van der Waals surface area contributed by atoms with E-state index in [-0.39, 0.29) is 11.8 Å². The lowest BCUT2D eigenvalue weighted by molar-refractivity contribution is -0.139. The van der Waals surface area contributed by atoms with Crippen molar-refractivity contribution in [1.82, 2.24) is 4.98 Å². The van der Waals surface area contributed by atoms with Crippen LogP contribution < -0.4 is 0 Å². The van der Waals surface area contributed by atoms with Gasteiger partial charge in [0, 0.05) is 16.7 Å². The van der Waals surface area contributed by atoms with Crippen LogP contribution in [0.25, 0.3) is 0 Å². The summed E-state index contributed by atoms with van der Waals surface area (Å²) in [6.45, 7) is 4.24. The second-order valence-corrected chi connectivity index (χ2v) is 5.82. The topological polar surface area (TPSA) is 50.2 Å². The number of aliphatic carboxylic acids is 1. The molecule has 1 fully saturated rings. The van der Waals surface area contributed by atoms with E-state index in [2.05, 4.69) is 24.2 Å². The first kappa shape index (κ1) is 11.6. The fourth-order valence-corrected chi connectivity index (χ4v) is 3.17. The Morgan fingerprint density at radius 1 is 1.62 bits per heavy atom. The summed E-state index contributed by atoms with van der Waals surface area (Å²) in [4.78, 5) is 15.5. The molecule has 0 saturated heterocycles. The van der Waals surface area contributed by atoms with Gasteiger partial charge in [-0.25, -0.2) is 4.98 Å². The molecule has 1 N–H and O–H groups in total. The average Bonchev–Trinajstić information content (AvgIpc) is 2.59. The summed E-state index contributed by atoms with van der Waals surface area (Å²) in [5, 5.41) is 12.1. The monoisotopic (exact) mass is 239 g/mol. The van der Waals surface area contributed by atoms with Gasteiger partial charge in [0.25, 0.3) is 0 Å². The second-order valence-electron chi connectivity index (χ2n) is 4.93. The third-order valence-electron chi connectivity index (χ3n) is 3.36. The molecule has 1 aliphatic rings. The highest BCUT2D eigenvalue weighted by molar-refractivity contribution is 7.09. The van der Waals surface area contributed by atoms with E-state index in [1.54, 1.807) is 11.3 Å². The lowest BCUT2D eigenvalue weighted by atomic mass is 9.65. The van der Waals surface area contributed by atoms with Gasteiger partial charge in [0.15, 0.2) is 0 Å². The molecule has 1 aliphatic carbocycles. The van der Waals surface area contributed by atoms with Crippen molar-refractivity contribution in [2.75, 3.05) is 0 Å². The van der Waals surface area contributed by atoms with Crippen molar-refractivity contribution >= 4 is 17.3 Å². The van der Waals surface area contributed by atoms with Crippen molar-refractivity contribution in [3.63, 3.8) is 0 Å². The van der Waals surface area contributed by atoms with Crippen LogP contribution in [0.3, 0.4) is 0 Å². The highest BCUT2D eigenvalue weighted by Crippen LogP contribution is 2.46. The largest absolute Gasteiger partial charge is 0.481 e. The summed E-state index contributed by atoms with van der Waals surface area (Å²) in [6, 6.07) is 0. The molecule has 2 rings (SSSR count). The number of rotatable bonds is 4. The van der Waals surface area contributed by atoms with Crippen LogP contribution in [0, 0.1) is 0 Å². The smallest absolute Gasteiger partial charge is 0.304 e. The fraction of sp³-hybridized carbons (Fsp3) is 0.667. The van der Waals surface area contributed by atoms with E-state index in [1.165, 1.54) is 0 Å². The Kier molecular flexibility index (Phi) is 3.02. The summed E-state index contributed by atoms with van der Waals surface area (Å²) in [7, 11) is 0. The molecular formula is C12H17NO2S. The fourth-order valence-electron chi connectivity index (χ4n) is 2.21. The third kappa shape index (κ3) is 1.98. The lowest BCUT2D eigenvalue weighted by Crippen LogP contribution is -2.37. The first-order chi connectivity index (χ1) is 7.53. The maximum Gasteiger partial charge on any atom is 0.304 e. The molecule has 4 heteroatoms. The predicted octanol–water partition coefficient (Wildman–Crippen LogP) is 3.16. The minimum absolute atomic E-state index is 0.157. The molecule has 0 unspecified atom stereocenters. The van der Waals surface area contributed by atoms with Crippen LogP contribution in [-0.4, -0.2) is 16.1 Å². The van der Waals surface area contributed by atoms with Crippen LogP contribution >= 0.6 is 11.3 Å². The molecule has 1 aromatic heterocycles. The number of carbonyl (C=O) groups is 1. The zero-order chi connectivity index (χ0) is 11.8. The van der Waals surface area contributed by atoms with Crippen LogP contribution in [0.1, 0.15) is 56.2 Å². The number of thiazole rings is 1.